The fourth-order valence-corrected chi connectivity index (χ4v) is 1.30. The minimum atomic E-state index is -0.641. The molecule has 0 aromatic heterocycles. The number of rotatable bonds is 4. The summed E-state index contributed by atoms with van der Waals surface area (Å²) < 4.78 is 0. The molecule has 0 saturated carbocycles. The molecule has 1 aromatic carbocycles. The number of aliphatic hydroxyl groups excluding tert-OH is 1. The number of hydrogen-bond donors (Lipinski definition) is 3. The summed E-state index contributed by atoms with van der Waals surface area (Å²) >= 11 is 5.76. The number of carbonyl (C=O) groups is 1. The van der Waals surface area contributed by atoms with Crippen molar-refractivity contribution in [3.05, 3.63) is 41.1 Å². The van der Waals surface area contributed by atoms with Gasteiger partial charge in [-0.05, 0) is 37.6 Å². The molecule has 98 valence electrons. The highest BCUT2D eigenvalue weighted by Crippen LogP contribution is 2.10. The first-order chi connectivity index (χ1) is 8.43. The molecule has 3 N–H and O–H groups in total. The van der Waals surface area contributed by atoms with E-state index in [4.69, 9.17) is 16.7 Å². The molecule has 0 heterocycles. The van der Waals surface area contributed by atoms with E-state index >= 15 is 0 Å². The summed E-state index contributed by atoms with van der Waals surface area (Å²) in [6, 6.07) is 6.87. The smallest absolute Gasteiger partial charge is 0.319 e. The van der Waals surface area contributed by atoms with Gasteiger partial charge in [-0.15, -0.1) is 0 Å². The summed E-state index contributed by atoms with van der Waals surface area (Å²) in [7, 11) is 0. The van der Waals surface area contributed by atoms with Crippen LogP contribution in [-0.2, 0) is 0 Å². The minimum Gasteiger partial charge on any atom is -0.394 e. The van der Waals surface area contributed by atoms with Crippen LogP contribution in [0.5, 0.6) is 0 Å². The van der Waals surface area contributed by atoms with Gasteiger partial charge in [-0.2, -0.15) is 0 Å². The van der Waals surface area contributed by atoms with E-state index < -0.39 is 5.54 Å². The van der Waals surface area contributed by atoms with Crippen LogP contribution in [0.4, 0.5) is 4.79 Å². The van der Waals surface area contributed by atoms with E-state index in [-0.39, 0.29) is 12.6 Å². The van der Waals surface area contributed by atoms with Crippen molar-refractivity contribution in [2.45, 2.75) is 19.4 Å². The first kappa shape index (κ1) is 14.5. The molecule has 0 bridgehead atoms. The molecule has 0 saturated heterocycles. The van der Waals surface area contributed by atoms with Crippen LogP contribution in [0.3, 0.4) is 0 Å². The average molecular weight is 269 g/mol. The molecule has 1 aromatic rings. The van der Waals surface area contributed by atoms with Gasteiger partial charge in [0.05, 0.1) is 12.1 Å². The van der Waals surface area contributed by atoms with E-state index in [1.807, 2.05) is 12.1 Å². The second-order valence-electron chi connectivity index (χ2n) is 4.53. The molecular weight excluding hydrogens is 252 g/mol. The number of aliphatic hydroxyl groups is 1. The Bertz CT molecular complexity index is 427. The summed E-state index contributed by atoms with van der Waals surface area (Å²) in [5.74, 6) is 0. The van der Waals surface area contributed by atoms with Gasteiger partial charge in [-0.3, -0.25) is 0 Å². The van der Waals surface area contributed by atoms with Crippen molar-refractivity contribution in [1.29, 1.82) is 0 Å². The quantitative estimate of drug-likeness (QED) is 0.785. The largest absolute Gasteiger partial charge is 0.394 e. The van der Waals surface area contributed by atoms with E-state index in [2.05, 4.69) is 10.6 Å². The molecule has 0 unspecified atom stereocenters. The second kappa shape index (κ2) is 6.42. The monoisotopic (exact) mass is 268 g/mol. The van der Waals surface area contributed by atoms with Crippen LogP contribution in [0, 0.1) is 0 Å². The van der Waals surface area contributed by atoms with E-state index in [1.165, 1.54) is 6.20 Å². The van der Waals surface area contributed by atoms with E-state index in [0.29, 0.717) is 5.02 Å². The van der Waals surface area contributed by atoms with E-state index in [1.54, 1.807) is 32.1 Å². The maximum Gasteiger partial charge on any atom is 0.319 e. The summed E-state index contributed by atoms with van der Waals surface area (Å²) in [5, 5.41) is 14.9. The molecule has 18 heavy (non-hydrogen) atoms. The molecule has 2 amide bonds. The molecule has 0 aliphatic carbocycles. The highest BCUT2D eigenvalue weighted by Gasteiger charge is 2.17. The predicted octanol–water partition coefficient (Wildman–Crippen LogP) is 2.38. The van der Waals surface area contributed by atoms with E-state index in [0.717, 1.165) is 5.56 Å². The van der Waals surface area contributed by atoms with Crippen molar-refractivity contribution in [1.82, 2.24) is 10.6 Å². The molecular formula is C13H17ClN2O2. The summed E-state index contributed by atoms with van der Waals surface area (Å²) in [6.45, 7) is 3.34. The highest BCUT2D eigenvalue weighted by molar-refractivity contribution is 6.30. The zero-order valence-electron chi connectivity index (χ0n) is 10.4. The van der Waals surface area contributed by atoms with Crippen LogP contribution in [0.15, 0.2) is 30.5 Å². The first-order valence-electron chi connectivity index (χ1n) is 5.54. The van der Waals surface area contributed by atoms with Gasteiger partial charge in [0.2, 0.25) is 0 Å². The standard InChI is InChI=1S/C13H17ClN2O2/c1-13(2,9-17)16-12(18)15-8-7-10-3-5-11(14)6-4-10/h3-8,17H,9H2,1-2H3,(H2,15,16,18)/b8-7+. The lowest BCUT2D eigenvalue weighted by Crippen LogP contribution is -2.49. The minimum absolute atomic E-state index is 0.124. The lowest BCUT2D eigenvalue weighted by atomic mass is 10.1. The Kier molecular flexibility index (Phi) is 5.19. The van der Waals surface area contributed by atoms with Crippen molar-refractivity contribution in [2.75, 3.05) is 6.61 Å². The Morgan fingerprint density at radius 1 is 1.39 bits per heavy atom. The summed E-state index contributed by atoms with van der Waals surface area (Å²) in [4.78, 5) is 11.5. The number of halogens is 1. The number of hydrogen-bond acceptors (Lipinski definition) is 2. The maximum absolute atomic E-state index is 11.5. The van der Waals surface area contributed by atoms with Gasteiger partial charge < -0.3 is 15.7 Å². The third-order valence-electron chi connectivity index (χ3n) is 2.21. The fraction of sp³-hybridized carbons (Fsp3) is 0.308. The van der Waals surface area contributed by atoms with Crippen LogP contribution in [0.1, 0.15) is 19.4 Å². The zero-order chi connectivity index (χ0) is 13.6. The van der Waals surface area contributed by atoms with Gasteiger partial charge in [-0.25, -0.2) is 4.79 Å². The molecule has 0 atom stereocenters. The Hall–Kier alpha value is -1.52. The van der Waals surface area contributed by atoms with Crippen molar-refractivity contribution >= 4 is 23.7 Å². The normalized spacial score (nSPS) is 11.6. The third kappa shape index (κ3) is 5.21. The zero-order valence-corrected chi connectivity index (χ0v) is 11.2. The van der Waals surface area contributed by atoms with Crippen LogP contribution >= 0.6 is 11.6 Å². The lowest BCUT2D eigenvalue weighted by molar-refractivity contribution is 0.183. The molecule has 0 radical (unpaired) electrons. The number of carbonyl (C=O) groups excluding carboxylic acids is 1. The van der Waals surface area contributed by atoms with Crippen LogP contribution in [0.25, 0.3) is 6.08 Å². The predicted molar refractivity (Wildman–Crippen MR) is 73.3 cm³/mol. The van der Waals surface area contributed by atoms with Gasteiger partial charge in [0, 0.05) is 11.2 Å². The average Bonchev–Trinajstić information content (AvgIpc) is 2.31. The topological polar surface area (TPSA) is 61.4 Å². The summed E-state index contributed by atoms with van der Waals surface area (Å²) in [5.41, 5.74) is 0.291. The first-order valence-corrected chi connectivity index (χ1v) is 5.92. The van der Waals surface area contributed by atoms with Gasteiger partial charge >= 0.3 is 6.03 Å². The van der Waals surface area contributed by atoms with Crippen LogP contribution in [-0.4, -0.2) is 23.3 Å². The van der Waals surface area contributed by atoms with Crippen LogP contribution < -0.4 is 10.6 Å². The molecule has 5 heteroatoms. The maximum atomic E-state index is 11.5. The number of benzene rings is 1. The third-order valence-corrected chi connectivity index (χ3v) is 2.46. The second-order valence-corrected chi connectivity index (χ2v) is 4.96. The van der Waals surface area contributed by atoms with Gasteiger partial charge in [-0.1, -0.05) is 23.7 Å². The Balaban J connectivity index is 2.45. The van der Waals surface area contributed by atoms with Gasteiger partial charge in [0.1, 0.15) is 0 Å². The van der Waals surface area contributed by atoms with E-state index in [9.17, 15) is 4.79 Å². The van der Waals surface area contributed by atoms with Crippen molar-refractivity contribution in [3.8, 4) is 0 Å². The van der Waals surface area contributed by atoms with Crippen molar-refractivity contribution in [2.24, 2.45) is 0 Å². The number of nitrogens with one attached hydrogen (secondary N) is 2. The Morgan fingerprint density at radius 3 is 2.56 bits per heavy atom. The lowest BCUT2D eigenvalue weighted by Gasteiger charge is -2.22. The van der Waals surface area contributed by atoms with Gasteiger partial charge in [0.25, 0.3) is 0 Å². The molecule has 0 fully saturated rings. The number of urea groups is 1. The summed E-state index contributed by atoms with van der Waals surface area (Å²) in [6.07, 6.45) is 3.29. The molecule has 1 rings (SSSR count). The van der Waals surface area contributed by atoms with Crippen LogP contribution in [0.2, 0.25) is 5.02 Å². The fourth-order valence-electron chi connectivity index (χ4n) is 1.17. The molecule has 0 spiro atoms. The van der Waals surface area contributed by atoms with Crippen molar-refractivity contribution in [3.63, 3.8) is 0 Å². The number of amides is 2. The molecule has 4 nitrogen and oxygen atoms in total. The van der Waals surface area contributed by atoms with Crippen molar-refractivity contribution < 1.29 is 9.90 Å². The molecule has 0 aliphatic rings. The Morgan fingerprint density at radius 2 is 2.00 bits per heavy atom. The molecule has 0 aliphatic heterocycles. The van der Waals surface area contributed by atoms with Gasteiger partial charge in [0.15, 0.2) is 0 Å². The Labute approximate surface area is 112 Å². The SMILES string of the molecule is CC(C)(CO)NC(=O)N/C=C/c1ccc(Cl)cc1. The highest BCUT2D eigenvalue weighted by atomic mass is 35.5.